The molecular weight excluding hydrogens is 326 g/mol. The Morgan fingerprint density at radius 1 is 1.09 bits per heavy atom. The third-order valence-electron chi connectivity index (χ3n) is 2.84. The SMILES string of the molecule is O=C([O-])c1cccc(S(=O)(=O)Nc2ccc(C(=O)O)c([O-])c2)c1. The molecule has 0 aliphatic rings. The molecule has 2 rings (SSSR count). The Hall–Kier alpha value is -3.07. The van der Waals surface area contributed by atoms with Crippen molar-refractivity contribution in [1.82, 2.24) is 0 Å². The summed E-state index contributed by atoms with van der Waals surface area (Å²) in [4.78, 5) is 21.2. The smallest absolute Gasteiger partial charge is 0.335 e. The van der Waals surface area contributed by atoms with Gasteiger partial charge in [0.05, 0.1) is 16.4 Å². The zero-order valence-electron chi connectivity index (χ0n) is 11.3. The van der Waals surface area contributed by atoms with E-state index in [-0.39, 0.29) is 16.1 Å². The fourth-order valence-electron chi connectivity index (χ4n) is 1.77. The Morgan fingerprint density at radius 2 is 1.78 bits per heavy atom. The third kappa shape index (κ3) is 3.58. The first kappa shape index (κ1) is 16.3. The molecule has 0 heterocycles. The van der Waals surface area contributed by atoms with Crippen LogP contribution in [0, 0.1) is 0 Å². The zero-order chi connectivity index (χ0) is 17.2. The van der Waals surface area contributed by atoms with Crippen molar-refractivity contribution in [2.75, 3.05) is 4.72 Å². The standard InChI is InChI=1S/C14H11NO7S/c16-12-7-9(4-5-11(12)14(19)20)15-23(21,22)10-3-1-2-8(6-10)13(17)18/h1-7,15-16H,(H,17,18)(H,19,20)/p-2. The maximum absolute atomic E-state index is 12.2. The molecule has 0 atom stereocenters. The summed E-state index contributed by atoms with van der Waals surface area (Å²) in [5, 5.41) is 31.1. The first-order chi connectivity index (χ1) is 10.7. The molecule has 0 saturated carbocycles. The summed E-state index contributed by atoms with van der Waals surface area (Å²) >= 11 is 0. The number of benzene rings is 2. The summed E-state index contributed by atoms with van der Waals surface area (Å²) in [5.41, 5.74) is -0.954. The molecule has 0 aromatic heterocycles. The Balaban J connectivity index is 2.35. The topological polar surface area (TPSA) is 147 Å². The largest absolute Gasteiger partial charge is 0.872 e. The van der Waals surface area contributed by atoms with E-state index in [1.165, 1.54) is 18.2 Å². The summed E-state index contributed by atoms with van der Waals surface area (Å²) in [6, 6.07) is 7.38. The lowest BCUT2D eigenvalue weighted by Crippen LogP contribution is -2.23. The lowest BCUT2D eigenvalue weighted by atomic mass is 10.2. The summed E-state index contributed by atoms with van der Waals surface area (Å²) in [7, 11) is -4.15. The maximum atomic E-state index is 12.2. The van der Waals surface area contributed by atoms with Crippen LogP contribution in [-0.2, 0) is 10.0 Å². The second-order valence-electron chi connectivity index (χ2n) is 4.44. The molecule has 0 aliphatic heterocycles. The van der Waals surface area contributed by atoms with E-state index in [0.29, 0.717) is 0 Å². The van der Waals surface area contributed by atoms with Gasteiger partial charge >= 0.3 is 5.97 Å². The van der Waals surface area contributed by atoms with Crippen LogP contribution in [0.25, 0.3) is 0 Å². The molecule has 0 aliphatic carbocycles. The predicted octanol–water partition coefficient (Wildman–Crippen LogP) is -0.377. The molecule has 0 unspecified atom stereocenters. The lowest BCUT2D eigenvalue weighted by molar-refractivity contribution is -0.268. The molecular formula is C14H9NO7S-2. The Labute approximate surface area is 130 Å². The van der Waals surface area contributed by atoms with Crippen molar-refractivity contribution in [2.24, 2.45) is 0 Å². The van der Waals surface area contributed by atoms with Crippen LogP contribution in [0.2, 0.25) is 0 Å². The molecule has 0 spiro atoms. The molecule has 0 fully saturated rings. The van der Waals surface area contributed by atoms with Crippen LogP contribution in [0.5, 0.6) is 5.75 Å². The van der Waals surface area contributed by atoms with Gasteiger partial charge in [-0.15, -0.1) is 0 Å². The number of carboxylic acid groups (broad SMARTS) is 2. The zero-order valence-corrected chi connectivity index (χ0v) is 12.2. The molecule has 9 heteroatoms. The van der Waals surface area contributed by atoms with E-state index in [0.717, 1.165) is 24.3 Å². The van der Waals surface area contributed by atoms with E-state index < -0.39 is 33.3 Å². The number of carbonyl (C=O) groups excluding carboxylic acids is 1. The number of hydrogen-bond acceptors (Lipinski definition) is 6. The fourth-order valence-corrected chi connectivity index (χ4v) is 2.86. The van der Waals surface area contributed by atoms with Gasteiger partial charge in [0, 0.05) is 5.69 Å². The van der Waals surface area contributed by atoms with Crippen LogP contribution in [0.3, 0.4) is 0 Å². The van der Waals surface area contributed by atoms with Crippen molar-refractivity contribution in [1.29, 1.82) is 0 Å². The van der Waals surface area contributed by atoms with E-state index in [1.807, 2.05) is 0 Å². The summed E-state index contributed by atoms with van der Waals surface area (Å²) < 4.78 is 26.4. The Bertz CT molecular complexity index is 890. The van der Waals surface area contributed by atoms with E-state index >= 15 is 0 Å². The van der Waals surface area contributed by atoms with Crippen molar-refractivity contribution in [3.8, 4) is 5.75 Å². The second-order valence-corrected chi connectivity index (χ2v) is 6.12. The summed E-state index contributed by atoms with van der Waals surface area (Å²) in [6.45, 7) is 0. The van der Waals surface area contributed by atoms with Gasteiger partial charge in [-0.3, -0.25) is 4.72 Å². The molecule has 0 amide bonds. The highest BCUT2D eigenvalue weighted by Crippen LogP contribution is 2.22. The second kappa shape index (κ2) is 5.97. The minimum Gasteiger partial charge on any atom is -0.872 e. The molecule has 0 radical (unpaired) electrons. The Kier molecular flexibility index (Phi) is 4.23. The quantitative estimate of drug-likeness (QED) is 0.757. The molecule has 2 N–H and O–H groups in total. The van der Waals surface area contributed by atoms with Gasteiger partial charge in [0.25, 0.3) is 10.0 Å². The van der Waals surface area contributed by atoms with Crippen molar-refractivity contribution in [2.45, 2.75) is 4.90 Å². The van der Waals surface area contributed by atoms with Crippen LogP contribution < -0.4 is 14.9 Å². The van der Waals surface area contributed by atoms with Crippen LogP contribution in [0.15, 0.2) is 47.4 Å². The molecule has 23 heavy (non-hydrogen) atoms. The normalized spacial score (nSPS) is 11.0. The number of carboxylic acids is 2. The highest BCUT2D eigenvalue weighted by molar-refractivity contribution is 7.92. The van der Waals surface area contributed by atoms with E-state index in [9.17, 15) is 28.2 Å². The van der Waals surface area contributed by atoms with Gasteiger partial charge in [-0.05, 0) is 35.9 Å². The third-order valence-corrected chi connectivity index (χ3v) is 4.22. The number of aromatic carboxylic acids is 2. The van der Waals surface area contributed by atoms with E-state index in [1.54, 1.807) is 0 Å². The van der Waals surface area contributed by atoms with E-state index in [2.05, 4.69) is 4.72 Å². The van der Waals surface area contributed by atoms with Gasteiger partial charge in [0.2, 0.25) is 0 Å². The predicted molar refractivity (Wildman–Crippen MR) is 74.4 cm³/mol. The monoisotopic (exact) mass is 335 g/mol. The maximum Gasteiger partial charge on any atom is 0.335 e. The van der Waals surface area contributed by atoms with Crippen LogP contribution in [-0.4, -0.2) is 25.5 Å². The lowest BCUT2D eigenvalue weighted by Gasteiger charge is -2.14. The minimum atomic E-state index is -4.15. The average Bonchev–Trinajstić information content (AvgIpc) is 2.46. The van der Waals surface area contributed by atoms with E-state index in [4.69, 9.17) is 5.11 Å². The van der Waals surface area contributed by atoms with Crippen molar-refractivity contribution >= 4 is 27.6 Å². The number of rotatable bonds is 5. The van der Waals surface area contributed by atoms with Gasteiger partial charge in [-0.2, -0.15) is 0 Å². The van der Waals surface area contributed by atoms with Crippen LogP contribution >= 0.6 is 0 Å². The van der Waals surface area contributed by atoms with Crippen LogP contribution in [0.4, 0.5) is 5.69 Å². The Morgan fingerprint density at radius 3 is 2.35 bits per heavy atom. The van der Waals surface area contributed by atoms with Crippen molar-refractivity contribution < 1.29 is 33.3 Å². The molecule has 8 nitrogen and oxygen atoms in total. The molecule has 120 valence electrons. The summed E-state index contributed by atoms with van der Waals surface area (Å²) in [6.07, 6.45) is 0. The summed E-state index contributed by atoms with van der Waals surface area (Å²) in [5.74, 6) is -3.82. The first-order valence-electron chi connectivity index (χ1n) is 6.09. The highest BCUT2D eigenvalue weighted by Gasteiger charge is 2.15. The molecule has 0 bridgehead atoms. The molecule has 0 saturated heterocycles. The van der Waals surface area contributed by atoms with Gasteiger partial charge in [0.1, 0.15) is 0 Å². The first-order valence-corrected chi connectivity index (χ1v) is 7.57. The molecule has 2 aromatic carbocycles. The number of hydrogen-bond donors (Lipinski definition) is 2. The van der Waals surface area contributed by atoms with Crippen LogP contribution in [0.1, 0.15) is 20.7 Å². The van der Waals surface area contributed by atoms with Gasteiger partial charge in [0.15, 0.2) is 0 Å². The van der Waals surface area contributed by atoms with Gasteiger partial charge < -0.3 is 20.1 Å². The highest BCUT2D eigenvalue weighted by atomic mass is 32.2. The van der Waals surface area contributed by atoms with Crippen molar-refractivity contribution in [3.63, 3.8) is 0 Å². The number of carbonyl (C=O) groups is 2. The minimum absolute atomic E-state index is 0.140. The van der Waals surface area contributed by atoms with Gasteiger partial charge in [-0.1, -0.05) is 17.9 Å². The number of nitrogens with one attached hydrogen (secondary N) is 1. The fraction of sp³-hybridized carbons (Fsp3) is 0. The number of anilines is 1. The van der Waals surface area contributed by atoms with Crippen molar-refractivity contribution in [3.05, 3.63) is 53.6 Å². The van der Waals surface area contributed by atoms with Gasteiger partial charge in [-0.25, -0.2) is 13.2 Å². The molecule has 2 aromatic rings. The number of sulfonamides is 1. The average molecular weight is 335 g/mol.